The molecule has 0 aliphatic rings. The lowest BCUT2D eigenvalue weighted by atomic mass is 10.1. The van der Waals surface area contributed by atoms with Crippen LogP contribution >= 0.6 is 11.6 Å². The number of nitrogens with one attached hydrogen (secondary N) is 1. The number of anilines is 1. The van der Waals surface area contributed by atoms with E-state index in [2.05, 4.69) is 5.32 Å². The average molecular weight is 558 g/mol. The van der Waals surface area contributed by atoms with Gasteiger partial charge in [-0.3, -0.25) is 13.9 Å². The van der Waals surface area contributed by atoms with Gasteiger partial charge in [0.2, 0.25) is 11.8 Å². The molecule has 1 atom stereocenters. The van der Waals surface area contributed by atoms with Crippen molar-refractivity contribution in [2.75, 3.05) is 24.5 Å². The van der Waals surface area contributed by atoms with Gasteiger partial charge < -0.3 is 15.0 Å². The number of hydrogen-bond acceptors (Lipinski definition) is 5. The van der Waals surface area contributed by atoms with Crippen molar-refractivity contribution in [1.82, 2.24) is 10.2 Å². The number of ether oxygens (including phenoxy) is 1. The topological polar surface area (TPSA) is 96.0 Å². The van der Waals surface area contributed by atoms with Gasteiger partial charge in [0.15, 0.2) is 0 Å². The van der Waals surface area contributed by atoms with Crippen LogP contribution in [0.15, 0.2) is 83.8 Å². The Morgan fingerprint density at radius 1 is 0.974 bits per heavy atom. The number of nitrogens with zero attached hydrogens (tertiary/aromatic N) is 2. The number of carbonyl (C=O) groups excluding carboxylic acids is 2. The van der Waals surface area contributed by atoms with Crippen LogP contribution in [0.2, 0.25) is 5.02 Å². The number of para-hydroxylation sites is 1. The number of methoxy groups -OCH3 is 1. The lowest BCUT2D eigenvalue weighted by Gasteiger charge is -2.32. The van der Waals surface area contributed by atoms with Gasteiger partial charge in [0, 0.05) is 18.1 Å². The number of benzene rings is 3. The Morgan fingerprint density at radius 3 is 2.18 bits per heavy atom. The molecule has 0 saturated carbocycles. The van der Waals surface area contributed by atoms with Gasteiger partial charge in [-0.05, 0) is 67.4 Å². The van der Waals surface area contributed by atoms with Crippen LogP contribution in [0.1, 0.15) is 25.8 Å². The summed E-state index contributed by atoms with van der Waals surface area (Å²) in [6, 6.07) is 20.4. The van der Waals surface area contributed by atoms with Crippen LogP contribution in [-0.2, 0) is 26.2 Å². The van der Waals surface area contributed by atoms with E-state index in [9.17, 15) is 18.0 Å². The van der Waals surface area contributed by atoms with Crippen LogP contribution in [0.4, 0.5) is 5.69 Å². The Morgan fingerprint density at radius 2 is 1.61 bits per heavy atom. The van der Waals surface area contributed by atoms with Gasteiger partial charge >= 0.3 is 0 Å². The zero-order chi connectivity index (χ0) is 27.7. The fourth-order valence-corrected chi connectivity index (χ4v) is 5.30. The predicted molar refractivity (Wildman–Crippen MR) is 149 cm³/mol. The maximum atomic E-state index is 13.8. The van der Waals surface area contributed by atoms with Gasteiger partial charge in [0.25, 0.3) is 10.0 Å². The van der Waals surface area contributed by atoms with Gasteiger partial charge in [0.1, 0.15) is 18.3 Å². The molecule has 3 aromatic carbocycles. The Labute approximate surface area is 229 Å². The summed E-state index contributed by atoms with van der Waals surface area (Å²) in [6.45, 7) is 3.63. The summed E-state index contributed by atoms with van der Waals surface area (Å²) in [7, 11) is -2.57. The fraction of sp³-hybridized carbons (Fsp3) is 0.286. The van der Waals surface area contributed by atoms with Gasteiger partial charge in [-0.1, -0.05) is 48.9 Å². The quantitative estimate of drug-likeness (QED) is 0.354. The number of carbonyl (C=O) groups is 2. The number of halogens is 1. The Balaban J connectivity index is 1.98. The minimum atomic E-state index is -4.13. The predicted octanol–water partition coefficient (Wildman–Crippen LogP) is 4.49. The second kappa shape index (κ2) is 13.3. The van der Waals surface area contributed by atoms with Gasteiger partial charge in [-0.25, -0.2) is 8.42 Å². The van der Waals surface area contributed by atoms with Crippen LogP contribution in [-0.4, -0.2) is 51.4 Å². The summed E-state index contributed by atoms with van der Waals surface area (Å²) in [5, 5.41) is 3.21. The maximum absolute atomic E-state index is 13.8. The number of sulfonamides is 1. The summed E-state index contributed by atoms with van der Waals surface area (Å²) in [4.78, 5) is 28.1. The Kier molecular flexibility index (Phi) is 10.2. The molecular formula is C28H32ClN3O5S. The summed E-state index contributed by atoms with van der Waals surface area (Å²) >= 11 is 5.97. The molecule has 2 amide bonds. The smallest absolute Gasteiger partial charge is 0.264 e. The van der Waals surface area contributed by atoms with Crippen molar-refractivity contribution in [2.24, 2.45) is 0 Å². The van der Waals surface area contributed by atoms with Gasteiger partial charge in [-0.15, -0.1) is 0 Å². The standard InChI is InChI=1S/C28H32ClN3O5S/c1-4-18-30-28(34)21(2)31(19-22-10-14-25(37-3)15-11-22)27(33)20-32(24-8-6-5-7-9-24)38(35,36)26-16-12-23(29)13-17-26/h5-17,21H,4,18-20H2,1-3H3,(H,30,34)/t21-/m0/s1. The normalized spacial score (nSPS) is 11.9. The molecule has 0 heterocycles. The van der Waals surface area contributed by atoms with E-state index in [1.165, 1.54) is 29.2 Å². The van der Waals surface area contributed by atoms with E-state index in [0.29, 0.717) is 23.0 Å². The van der Waals surface area contributed by atoms with E-state index in [4.69, 9.17) is 16.3 Å². The minimum absolute atomic E-state index is 0.00556. The molecule has 1 N–H and O–H groups in total. The van der Waals surface area contributed by atoms with Crippen molar-refractivity contribution in [2.45, 2.75) is 37.8 Å². The third kappa shape index (κ3) is 7.26. The molecule has 3 rings (SSSR count). The molecular weight excluding hydrogens is 526 g/mol. The monoisotopic (exact) mass is 557 g/mol. The van der Waals surface area contributed by atoms with E-state index < -0.39 is 28.5 Å². The summed E-state index contributed by atoms with van der Waals surface area (Å²) < 4.78 is 33.7. The number of amides is 2. The average Bonchev–Trinajstić information content (AvgIpc) is 2.93. The van der Waals surface area contributed by atoms with Gasteiger partial charge in [-0.2, -0.15) is 0 Å². The molecule has 0 unspecified atom stereocenters. The molecule has 0 spiro atoms. The lowest BCUT2D eigenvalue weighted by molar-refractivity contribution is -0.139. The summed E-state index contributed by atoms with van der Waals surface area (Å²) in [6.07, 6.45) is 0.742. The maximum Gasteiger partial charge on any atom is 0.264 e. The minimum Gasteiger partial charge on any atom is -0.497 e. The van der Waals surface area contributed by atoms with Crippen molar-refractivity contribution in [3.8, 4) is 5.75 Å². The van der Waals surface area contributed by atoms with E-state index >= 15 is 0 Å². The molecule has 0 aliphatic carbocycles. The second-order valence-electron chi connectivity index (χ2n) is 8.64. The van der Waals surface area contributed by atoms with Crippen LogP contribution in [0, 0.1) is 0 Å². The molecule has 38 heavy (non-hydrogen) atoms. The molecule has 0 saturated heterocycles. The summed E-state index contributed by atoms with van der Waals surface area (Å²) in [5.41, 5.74) is 1.09. The number of hydrogen-bond donors (Lipinski definition) is 1. The van der Waals surface area contributed by atoms with E-state index in [0.717, 1.165) is 16.3 Å². The van der Waals surface area contributed by atoms with Crippen molar-refractivity contribution in [3.63, 3.8) is 0 Å². The third-order valence-electron chi connectivity index (χ3n) is 5.95. The molecule has 0 fully saturated rings. The first-order chi connectivity index (χ1) is 18.2. The highest BCUT2D eigenvalue weighted by molar-refractivity contribution is 7.92. The molecule has 10 heteroatoms. The SMILES string of the molecule is CCCNC(=O)[C@H](C)N(Cc1ccc(OC)cc1)C(=O)CN(c1ccccc1)S(=O)(=O)c1ccc(Cl)cc1. The van der Waals surface area contributed by atoms with Crippen LogP contribution in [0.5, 0.6) is 5.75 Å². The highest BCUT2D eigenvalue weighted by atomic mass is 35.5. The number of rotatable bonds is 12. The second-order valence-corrected chi connectivity index (χ2v) is 10.9. The van der Waals surface area contributed by atoms with E-state index in [-0.39, 0.29) is 17.3 Å². The molecule has 3 aromatic rings. The van der Waals surface area contributed by atoms with E-state index in [1.807, 2.05) is 6.92 Å². The zero-order valence-corrected chi connectivity index (χ0v) is 23.2. The molecule has 0 radical (unpaired) electrons. The highest BCUT2D eigenvalue weighted by Gasteiger charge is 2.32. The lowest BCUT2D eigenvalue weighted by Crippen LogP contribution is -2.51. The van der Waals surface area contributed by atoms with Gasteiger partial charge in [0.05, 0.1) is 17.7 Å². The molecule has 0 aromatic heterocycles. The van der Waals surface area contributed by atoms with Crippen molar-refractivity contribution in [3.05, 3.63) is 89.4 Å². The molecule has 202 valence electrons. The highest BCUT2D eigenvalue weighted by Crippen LogP contribution is 2.25. The molecule has 8 nitrogen and oxygen atoms in total. The molecule has 0 aliphatic heterocycles. The van der Waals surface area contributed by atoms with Crippen molar-refractivity contribution < 1.29 is 22.7 Å². The fourth-order valence-electron chi connectivity index (χ4n) is 3.76. The Hall–Kier alpha value is -3.56. The first-order valence-corrected chi connectivity index (χ1v) is 14.0. The first kappa shape index (κ1) is 29.0. The Bertz CT molecular complexity index is 1320. The largest absolute Gasteiger partial charge is 0.497 e. The molecule has 0 bridgehead atoms. The van der Waals surface area contributed by atoms with Crippen molar-refractivity contribution >= 4 is 39.1 Å². The van der Waals surface area contributed by atoms with E-state index in [1.54, 1.807) is 68.6 Å². The van der Waals surface area contributed by atoms with Crippen LogP contribution in [0.3, 0.4) is 0 Å². The first-order valence-electron chi connectivity index (χ1n) is 12.2. The van der Waals surface area contributed by atoms with Crippen molar-refractivity contribution in [1.29, 1.82) is 0 Å². The zero-order valence-electron chi connectivity index (χ0n) is 21.6. The van der Waals surface area contributed by atoms with Crippen LogP contribution < -0.4 is 14.4 Å². The van der Waals surface area contributed by atoms with Crippen LogP contribution in [0.25, 0.3) is 0 Å². The third-order valence-corrected chi connectivity index (χ3v) is 7.99. The summed E-state index contributed by atoms with van der Waals surface area (Å²) in [5.74, 6) is -0.188.